The van der Waals surface area contributed by atoms with Crippen molar-refractivity contribution in [3.8, 4) is 5.75 Å². The first kappa shape index (κ1) is 18.6. The van der Waals surface area contributed by atoms with Gasteiger partial charge in [-0.3, -0.25) is 4.98 Å². The van der Waals surface area contributed by atoms with Crippen molar-refractivity contribution >= 4 is 11.6 Å². The van der Waals surface area contributed by atoms with Crippen LogP contribution in [0.4, 0.5) is 13.2 Å². The van der Waals surface area contributed by atoms with E-state index in [2.05, 4.69) is 15.1 Å². The lowest BCUT2D eigenvalue weighted by Gasteiger charge is -2.17. The summed E-state index contributed by atoms with van der Waals surface area (Å²) >= 11 is 0. The van der Waals surface area contributed by atoms with E-state index in [1.54, 1.807) is 18.1 Å². The number of halogens is 3. The lowest BCUT2D eigenvalue weighted by molar-refractivity contribution is -0.137. The molecule has 1 atom stereocenters. The molecule has 5 nitrogen and oxygen atoms in total. The summed E-state index contributed by atoms with van der Waals surface area (Å²) in [5.74, 6) is 0.714. The fraction of sp³-hybridized carbons (Fsp3) is 0.211. The Balaban J connectivity index is 2.02. The second kappa shape index (κ2) is 7.61. The molecule has 0 fully saturated rings. The van der Waals surface area contributed by atoms with Gasteiger partial charge >= 0.3 is 6.18 Å². The van der Waals surface area contributed by atoms with E-state index < -0.39 is 11.7 Å². The van der Waals surface area contributed by atoms with Gasteiger partial charge in [-0.25, -0.2) is 9.67 Å². The van der Waals surface area contributed by atoms with Gasteiger partial charge in [0.1, 0.15) is 18.4 Å². The summed E-state index contributed by atoms with van der Waals surface area (Å²) in [5, 5.41) is 4.13. The molecule has 8 heteroatoms. The van der Waals surface area contributed by atoms with Gasteiger partial charge in [-0.15, -0.1) is 0 Å². The zero-order chi connectivity index (χ0) is 19.4. The molecular formula is C19H17F3N4O. The SMILES string of the molecule is COc1ccc(C=C(c2ccc(C(F)(F)F)cn2)C(C)n2cncn2)cc1. The largest absolute Gasteiger partial charge is 0.497 e. The van der Waals surface area contributed by atoms with Crippen molar-refractivity contribution in [1.82, 2.24) is 19.7 Å². The summed E-state index contributed by atoms with van der Waals surface area (Å²) in [6.07, 6.45) is 1.23. The van der Waals surface area contributed by atoms with E-state index in [1.165, 1.54) is 12.4 Å². The third-order valence-corrected chi connectivity index (χ3v) is 4.11. The standard InChI is InChI=1S/C19H17F3N4O/c1-13(26-12-23-11-25-26)17(9-14-3-6-16(27-2)7-4-14)18-8-5-15(10-24-18)19(20,21)22/h3-13H,1-2H3. The van der Waals surface area contributed by atoms with Crippen LogP contribution >= 0.6 is 0 Å². The first-order valence-electron chi connectivity index (χ1n) is 8.12. The van der Waals surface area contributed by atoms with Crippen LogP contribution in [0.15, 0.2) is 55.2 Å². The van der Waals surface area contributed by atoms with Gasteiger partial charge in [0.05, 0.1) is 24.4 Å². The summed E-state index contributed by atoms with van der Waals surface area (Å²) in [7, 11) is 1.58. The summed E-state index contributed by atoms with van der Waals surface area (Å²) in [6.45, 7) is 1.88. The number of rotatable bonds is 5. The molecule has 1 aromatic carbocycles. The lowest BCUT2D eigenvalue weighted by atomic mass is 10.0. The molecule has 0 spiro atoms. The Morgan fingerprint density at radius 3 is 2.41 bits per heavy atom. The van der Waals surface area contributed by atoms with E-state index in [9.17, 15) is 13.2 Å². The van der Waals surface area contributed by atoms with E-state index in [0.29, 0.717) is 17.0 Å². The molecule has 0 amide bonds. The van der Waals surface area contributed by atoms with Gasteiger partial charge in [0.15, 0.2) is 0 Å². The second-order valence-electron chi connectivity index (χ2n) is 5.85. The van der Waals surface area contributed by atoms with Crippen molar-refractivity contribution in [3.63, 3.8) is 0 Å². The number of pyridine rings is 1. The normalized spacial score (nSPS) is 13.4. The molecular weight excluding hydrogens is 357 g/mol. The van der Waals surface area contributed by atoms with Gasteiger partial charge in [-0.2, -0.15) is 18.3 Å². The average molecular weight is 374 g/mol. The first-order chi connectivity index (χ1) is 12.9. The molecule has 0 aliphatic rings. The molecule has 0 aliphatic heterocycles. The monoisotopic (exact) mass is 374 g/mol. The number of ether oxygens (including phenoxy) is 1. The van der Waals surface area contributed by atoms with Crippen molar-refractivity contribution in [1.29, 1.82) is 0 Å². The van der Waals surface area contributed by atoms with Crippen molar-refractivity contribution in [2.24, 2.45) is 0 Å². The van der Waals surface area contributed by atoms with Crippen LogP contribution in [0, 0.1) is 0 Å². The van der Waals surface area contributed by atoms with Crippen LogP contribution in [0.2, 0.25) is 0 Å². The Kier molecular flexibility index (Phi) is 5.25. The van der Waals surface area contributed by atoms with Crippen molar-refractivity contribution < 1.29 is 17.9 Å². The summed E-state index contributed by atoms with van der Waals surface area (Å²) in [6, 6.07) is 9.45. The van der Waals surface area contributed by atoms with Gasteiger partial charge in [0.25, 0.3) is 0 Å². The molecule has 1 unspecified atom stereocenters. The highest BCUT2D eigenvalue weighted by Gasteiger charge is 2.31. The van der Waals surface area contributed by atoms with Crippen LogP contribution in [0.3, 0.4) is 0 Å². The van der Waals surface area contributed by atoms with Gasteiger partial charge in [-0.05, 0) is 42.8 Å². The number of allylic oxidation sites excluding steroid dienone is 1. The van der Waals surface area contributed by atoms with E-state index in [4.69, 9.17) is 4.74 Å². The number of aromatic nitrogens is 4. The highest BCUT2D eigenvalue weighted by molar-refractivity contribution is 5.82. The fourth-order valence-corrected chi connectivity index (χ4v) is 2.58. The van der Waals surface area contributed by atoms with Crippen molar-refractivity contribution in [2.45, 2.75) is 19.1 Å². The van der Waals surface area contributed by atoms with Gasteiger partial charge in [0, 0.05) is 11.8 Å². The third-order valence-electron chi connectivity index (χ3n) is 4.11. The maximum atomic E-state index is 12.8. The molecule has 2 heterocycles. The van der Waals surface area contributed by atoms with Crippen molar-refractivity contribution in [2.75, 3.05) is 7.11 Å². The zero-order valence-corrected chi connectivity index (χ0v) is 14.7. The second-order valence-corrected chi connectivity index (χ2v) is 5.85. The van der Waals surface area contributed by atoms with E-state index in [0.717, 1.165) is 17.8 Å². The molecule has 3 rings (SSSR count). The van der Waals surface area contributed by atoms with Gasteiger partial charge in [-0.1, -0.05) is 12.1 Å². The van der Waals surface area contributed by atoms with Gasteiger partial charge < -0.3 is 4.74 Å². The molecule has 140 valence electrons. The Morgan fingerprint density at radius 1 is 1.15 bits per heavy atom. The number of methoxy groups -OCH3 is 1. The molecule has 3 aromatic rings. The summed E-state index contributed by atoms with van der Waals surface area (Å²) in [5.41, 5.74) is 1.21. The molecule has 0 radical (unpaired) electrons. The molecule has 0 aliphatic carbocycles. The van der Waals surface area contributed by atoms with Crippen molar-refractivity contribution in [3.05, 3.63) is 72.1 Å². The highest BCUT2D eigenvalue weighted by atomic mass is 19.4. The van der Waals surface area contributed by atoms with Crippen LogP contribution in [-0.2, 0) is 6.18 Å². The van der Waals surface area contributed by atoms with Crippen LogP contribution in [0.5, 0.6) is 5.75 Å². The number of alkyl halides is 3. The molecule has 0 saturated heterocycles. The Hall–Kier alpha value is -3.16. The van der Waals surface area contributed by atoms with E-state index in [1.807, 2.05) is 37.3 Å². The Labute approximate surface area is 154 Å². The fourth-order valence-electron chi connectivity index (χ4n) is 2.58. The van der Waals surface area contributed by atoms with E-state index >= 15 is 0 Å². The molecule has 0 N–H and O–H groups in total. The van der Waals surface area contributed by atoms with Crippen LogP contribution in [0.1, 0.15) is 29.8 Å². The van der Waals surface area contributed by atoms with Crippen LogP contribution < -0.4 is 4.74 Å². The quantitative estimate of drug-likeness (QED) is 0.660. The number of benzene rings is 1. The molecule has 2 aromatic heterocycles. The topological polar surface area (TPSA) is 52.8 Å². The third kappa shape index (κ3) is 4.33. The lowest BCUT2D eigenvalue weighted by Crippen LogP contribution is -2.10. The van der Waals surface area contributed by atoms with Crippen LogP contribution in [0.25, 0.3) is 11.6 Å². The average Bonchev–Trinajstić information content (AvgIpc) is 3.20. The maximum Gasteiger partial charge on any atom is 0.417 e. The number of hydrogen-bond donors (Lipinski definition) is 0. The van der Waals surface area contributed by atoms with Crippen LogP contribution in [-0.4, -0.2) is 26.9 Å². The number of hydrogen-bond acceptors (Lipinski definition) is 4. The predicted octanol–water partition coefficient (Wildman–Crippen LogP) is 4.50. The minimum Gasteiger partial charge on any atom is -0.497 e. The smallest absolute Gasteiger partial charge is 0.417 e. The van der Waals surface area contributed by atoms with Gasteiger partial charge in [0.2, 0.25) is 0 Å². The molecule has 0 bridgehead atoms. The minimum absolute atomic E-state index is 0.279. The maximum absolute atomic E-state index is 12.8. The number of nitrogens with zero attached hydrogens (tertiary/aromatic N) is 4. The highest BCUT2D eigenvalue weighted by Crippen LogP contribution is 2.32. The molecule has 0 saturated carbocycles. The summed E-state index contributed by atoms with van der Waals surface area (Å²) in [4.78, 5) is 7.97. The summed E-state index contributed by atoms with van der Waals surface area (Å²) < 4.78 is 45.3. The minimum atomic E-state index is -4.43. The van der Waals surface area contributed by atoms with E-state index in [-0.39, 0.29) is 6.04 Å². The zero-order valence-electron chi connectivity index (χ0n) is 14.7. The molecule has 27 heavy (non-hydrogen) atoms. The first-order valence-corrected chi connectivity index (χ1v) is 8.12. The predicted molar refractivity (Wildman–Crippen MR) is 94.8 cm³/mol. The Morgan fingerprint density at radius 2 is 1.89 bits per heavy atom. The Bertz CT molecular complexity index is 902.